The van der Waals surface area contributed by atoms with Gasteiger partial charge >= 0.3 is 12.1 Å². The van der Waals surface area contributed by atoms with Crippen molar-refractivity contribution in [3.05, 3.63) is 89.5 Å². The molecule has 1 aliphatic heterocycles. The summed E-state index contributed by atoms with van der Waals surface area (Å²) in [5, 5.41) is 7.52. The number of nitrogen functional groups attached to an aromatic ring is 1. The van der Waals surface area contributed by atoms with Crippen LogP contribution in [0, 0.1) is 11.3 Å². The summed E-state index contributed by atoms with van der Waals surface area (Å²) < 4.78 is 50.0. The van der Waals surface area contributed by atoms with Gasteiger partial charge in [-0.3, -0.25) is 15.0 Å². The molecule has 2 atom stereocenters. The molecule has 0 spiro atoms. The minimum absolute atomic E-state index is 0. The molecule has 1 heterocycles. The number of hydrogen-bond donors (Lipinski definition) is 2. The molecule has 4 rings (SSSR count). The molecule has 3 aromatic rings. The number of benzene rings is 3. The van der Waals surface area contributed by atoms with Crippen molar-refractivity contribution in [2.45, 2.75) is 37.9 Å². The highest BCUT2D eigenvalue weighted by molar-refractivity contribution is 5.95. The van der Waals surface area contributed by atoms with E-state index in [4.69, 9.17) is 20.6 Å². The molecule has 1 saturated heterocycles. The Morgan fingerprint density at radius 3 is 2.29 bits per heavy atom. The van der Waals surface area contributed by atoms with Crippen molar-refractivity contribution in [2.24, 2.45) is 11.7 Å². The molecule has 1 aliphatic rings. The number of halogens is 4. The van der Waals surface area contributed by atoms with E-state index in [2.05, 4.69) is 0 Å². The van der Waals surface area contributed by atoms with E-state index in [-0.39, 0.29) is 43.2 Å². The third-order valence-electron chi connectivity index (χ3n) is 7.22. The van der Waals surface area contributed by atoms with Crippen molar-refractivity contribution in [2.75, 3.05) is 20.3 Å². The Balaban J connectivity index is 0.00000484. The second-order valence-electron chi connectivity index (χ2n) is 10.0. The molecule has 0 unspecified atom stereocenters. The van der Waals surface area contributed by atoms with Crippen molar-refractivity contribution in [3.8, 4) is 16.9 Å². The number of aryl methyl sites for hydroxylation is 1. The number of ether oxygens (including phenoxy) is 2. The Morgan fingerprint density at radius 1 is 1.05 bits per heavy atom. The quantitative estimate of drug-likeness (QED) is 0.162. The number of esters is 1. The molecule has 1 amide bonds. The van der Waals surface area contributed by atoms with E-state index < -0.39 is 23.6 Å². The number of amidine groups is 1. The molecule has 0 aromatic heterocycles. The number of amides is 1. The highest BCUT2D eigenvalue weighted by Gasteiger charge is 2.40. The maximum atomic E-state index is 13.2. The second-order valence-corrected chi connectivity index (χ2v) is 10.0. The normalized spacial score (nSPS) is 16.6. The number of likely N-dealkylation sites (tertiary alicyclic amines) is 1. The van der Waals surface area contributed by atoms with Gasteiger partial charge in [-0.25, -0.2) is 0 Å². The molecular weight excluding hydrogens is 571 g/mol. The van der Waals surface area contributed by atoms with Gasteiger partial charge in [-0.2, -0.15) is 13.2 Å². The average Bonchev–Trinajstić information content (AvgIpc) is 3.25. The summed E-state index contributed by atoms with van der Waals surface area (Å²) in [6, 6.07) is 19.7. The van der Waals surface area contributed by atoms with Gasteiger partial charge in [0.2, 0.25) is 5.91 Å². The standard InChI is InChI=1S/C31H32F3N3O4.ClH/c1-40-28(38)18-24-17-26(37(30(24)39)15-3-5-20-4-2-6-25(16-20)31(32,33)34)19-41-27-13-11-22(12-14-27)21-7-9-23(10-8-21)29(35)36;/h2,4,6-14,16,24,26H,3,5,15,17-19H2,1H3,(H3,35,36);1H/t24-,26-;/m0./s1. The molecule has 3 N–H and O–H groups in total. The predicted molar refractivity (Wildman–Crippen MR) is 156 cm³/mol. The zero-order valence-corrected chi connectivity index (χ0v) is 23.8. The Morgan fingerprint density at radius 2 is 1.69 bits per heavy atom. The summed E-state index contributed by atoms with van der Waals surface area (Å²) in [7, 11) is 1.27. The average molecular weight is 604 g/mol. The molecule has 0 radical (unpaired) electrons. The Bertz CT molecular complexity index is 1380. The maximum Gasteiger partial charge on any atom is 0.416 e. The van der Waals surface area contributed by atoms with Crippen LogP contribution in [0.1, 0.15) is 36.0 Å². The summed E-state index contributed by atoms with van der Waals surface area (Å²) in [4.78, 5) is 26.7. The number of nitrogens with one attached hydrogen (secondary N) is 1. The molecule has 11 heteroatoms. The van der Waals surface area contributed by atoms with Crippen molar-refractivity contribution in [1.82, 2.24) is 4.90 Å². The highest BCUT2D eigenvalue weighted by Crippen LogP contribution is 2.31. The van der Waals surface area contributed by atoms with Crippen LogP contribution >= 0.6 is 12.4 Å². The fourth-order valence-electron chi connectivity index (χ4n) is 5.01. The van der Waals surface area contributed by atoms with Gasteiger partial charge in [-0.15, -0.1) is 12.4 Å². The number of hydrogen-bond acceptors (Lipinski definition) is 5. The molecule has 224 valence electrons. The van der Waals surface area contributed by atoms with Gasteiger partial charge < -0.3 is 20.1 Å². The van der Waals surface area contributed by atoms with Crippen LogP contribution in [0.2, 0.25) is 0 Å². The molecule has 42 heavy (non-hydrogen) atoms. The molecule has 0 aliphatic carbocycles. The Kier molecular flexibility index (Phi) is 11.0. The van der Waals surface area contributed by atoms with Crippen LogP contribution in [0.3, 0.4) is 0 Å². The zero-order chi connectivity index (χ0) is 29.6. The number of alkyl halides is 3. The van der Waals surface area contributed by atoms with Crippen LogP contribution in [0.25, 0.3) is 11.1 Å². The van der Waals surface area contributed by atoms with Gasteiger partial charge in [0, 0.05) is 12.1 Å². The lowest BCUT2D eigenvalue weighted by molar-refractivity contribution is -0.145. The largest absolute Gasteiger partial charge is 0.491 e. The van der Waals surface area contributed by atoms with Gasteiger partial charge in [-0.1, -0.05) is 54.6 Å². The lowest BCUT2D eigenvalue weighted by Crippen LogP contribution is -2.38. The van der Waals surface area contributed by atoms with E-state index in [0.717, 1.165) is 23.3 Å². The number of nitrogens with zero attached hydrogens (tertiary/aromatic N) is 1. The van der Waals surface area contributed by atoms with E-state index in [1.807, 2.05) is 36.4 Å². The van der Waals surface area contributed by atoms with Crippen LogP contribution in [0.5, 0.6) is 5.75 Å². The number of carbonyl (C=O) groups excluding carboxylic acids is 2. The summed E-state index contributed by atoms with van der Waals surface area (Å²) in [5.41, 5.74) is 7.92. The van der Waals surface area contributed by atoms with Gasteiger partial charge in [0.25, 0.3) is 0 Å². The summed E-state index contributed by atoms with van der Waals surface area (Å²) in [6.07, 6.45) is -3.20. The van der Waals surface area contributed by atoms with E-state index in [0.29, 0.717) is 42.7 Å². The van der Waals surface area contributed by atoms with Crippen LogP contribution in [-0.4, -0.2) is 48.9 Å². The van der Waals surface area contributed by atoms with Gasteiger partial charge in [0.1, 0.15) is 18.2 Å². The number of methoxy groups -OCH3 is 1. The van der Waals surface area contributed by atoms with Crippen LogP contribution < -0.4 is 10.5 Å². The van der Waals surface area contributed by atoms with Crippen molar-refractivity contribution in [1.29, 1.82) is 5.41 Å². The summed E-state index contributed by atoms with van der Waals surface area (Å²) >= 11 is 0. The molecular formula is C31H33ClF3N3O4. The van der Waals surface area contributed by atoms with Crippen molar-refractivity contribution < 1.29 is 32.2 Å². The monoisotopic (exact) mass is 603 g/mol. The van der Waals surface area contributed by atoms with Gasteiger partial charge in [-0.05, 0) is 54.2 Å². The first kappa shape index (κ1) is 32.5. The van der Waals surface area contributed by atoms with Crippen molar-refractivity contribution >= 4 is 30.1 Å². The lowest BCUT2D eigenvalue weighted by atomic mass is 10.0. The maximum absolute atomic E-state index is 13.2. The van der Waals surface area contributed by atoms with Gasteiger partial charge in [0.15, 0.2) is 0 Å². The lowest BCUT2D eigenvalue weighted by Gasteiger charge is -2.25. The number of carbonyl (C=O) groups is 2. The topological polar surface area (TPSA) is 106 Å². The van der Waals surface area contributed by atoms with Crippen LogP contribution in [0.15, 0.2) is 72.8 Å². The predicted octanol–water partition coefficient (Wildman–Crippen LogP) is 5.87. The first-order chi connectivity index (χ1) is 19.5. The SMILES string of the molecule is COC(=O)C[C@@H]1C[C@@H](COc2ccc(-c3ccc(C(=N)N)cc3)cc2)N(CCCc2cccc(C(F)(F)F)c2)C1=O.Cl. The Labute approximate surface area is 248 Å². The summed E-state index contributed by atoms with van der Waals surface area (Å²) in [6.45, 7) is 0.537. The molecule has 0 saturated carbocycles. The number of nitrogens with two attached hydrogens (primary N) is 1. The van der Waals surface area contributed by atoms with E-state index in [1.54, 1.807) is 23.1 Å². The molecule has 7 nitrogen and oxygen atoms in total. The van der Waals surface area contributed by atoms with E-state index >= 15 is 0 Å². The van der Waals surface area contributed by atoms with Crippen molar-refractivity contribution in [3.63, 3.8) is 0 Å². The first-order valence-corrected chi connectivity index (χ1v) is 13.3. The third kappa shape index (κ3) is 8.25. The minimum atomic E-state index is -4.41. The third-order valence-corrected chi connectivity index (χ3v) is 7.22. The fraction of sp³-hybridized carbons (Fsp3) is 0.323. The highest BCUT2D eigenvalue weighted by atomic mass is 35.5. The number of rotatable bonds is 11. The van der Waals surface area contributed by atoms with Crippen LogP contribution in [-0.2, 0) is 26.9 Å². The second kappa shape index (κ2) is 14.2. The summed E-state index contributed by atoms with van der Waals surface area (Å²) in [5.74, 6) is -0.575. The fourth-order valence-corrected chi connectivity index (χ4v) is 5.01. The van der Waals surface area contributed by atoms with Crippen LogP contribution in [0.4, 0.5) is 13.2 Å². The molecule has 3 aromatic carbocycles. The zero-order valence-electron chi connectivity index (χ0n) is 23.0. The van der Waals surface area contributed by atoms with E-state index in [1.165, 1.54) is 13.2 Å². The smallest absolute Gasteiger partial charge is 0.416 e. The van der Waals surface area contributed by atoms with Gasteiger partial charge in [0.05, 0.1) is 31.1 Å². The van der Waals surface area contributed by atoms with E-state index in [9.17, 15) is 22.8 Å². The Hall–Kier alpha value is -4.05. The molecule has 1 fully saturated rings. The molecule has 0 bridgehead atoms. The minimum Gasteiger partial charge on any atom is -0.491 e. The first-order valence-electron chi connectivity index (χ1n) is 13.3.